The van der Waals surface area contributed by atoms with Crippen LogP contribution in [0.2, 0.25) is 0 Å². The smallest absolute Gasteiger partial charge is 0.281 e. The first-order valence-corrected chi connectivity index (χ1v) is 9.02. The van der Waals surface area contributed by atoms with Crippen LogP contribution in [0.15, 0.2) is 82.8 Å². The quantitative estimate of drug-likeness (QED) is 0.639. The van der Waals surface area contributed by atoms with Crippen molar-refractivity contribution >= 4 is 34.7 Å². The van der Waals surface area contributed by atoms with Gasteiger partial charge in [-0.05, 0) is 53.9 Å². The Labute approximate surface area is 155 Å². The van der Waals surface area contributed by atoms with Crippen molar-refractivity contribution in [1.82, 2.24) is 0 Å². The number of rotatable bonds is 4. The van der Waals surface area contributed by atoms with E-state index in [2.05, 4.69) is 5.10 Å². The molecule has 0 N–H and O–H groups in total. The molecule has 2 aromatic carbocycles. The first-order valence-electron chi connectivity index (χ1n) is 8.14. The van der Waals surface area contributed by atoms with Crippen LogP contribution in [0.25, 0.3) is 6.08 Å². The van der Waals surface area contributed by atoms with Crippen LogP contribution in [0.1, 0.15) is 10.4 Å². The van der Waals surface area contributed by atoms with Crippen LogP contribution in [0.3, 0.4) is 0 Å². The van der Waals surface area contributed by atoms with Crippen LogP contribution in [0.5, 0.6) is 5.75 Å². The van der Waals surface area contributed by atoms with Gasteiger partial charge < -0.3 is 4.74 Å². The van der Waals surface area contributed by atoms with E-state index in [0.717, 1.165) is 21.9 Å². The van der Waals surface area contributed by atoms with Gasteiger partial charge in [-0.25, -0.2) is 0 Å². The van der Waals surface area contributed by atoms with Crippen molar-refractivity contribution in [2.45, 2.75) is 0 Å². The molecular formula is C21H16N2O2S. The summed E-state index contributed by atoms with van der Waals surface area (Å²) in [6.07, 6.45) is 1.90. The number of carbonyl (C=O) groups excluding carboxylic acids is 1. The Morgan fingerprint density at radius 3 is 2.42 bits per heavy atom. The normalized spacial score (nSPS) is 15.4. The van der Waals surface area contributed by atoms with E-state index < -0.39 is 0 Å². The molecule has 0 fully saturated rings. The molecule has 1 aromatic heterocycles. The Bertz CT molecular complexity index is 975. The molecule has 3 aromatic rings. The van der Waals surface area contributed by atoms with Crippen LogP contribution in [-0.2, 0) is 4.79 Å². The average molecular weight is 360 g/mol. The first-order chi connectivity index (χ1) is 12.8. The number of ether oxygens (including phenoxy) is 1. The molecule has 26 heavy (non-hydrogen) atoms. The summed E-state index contributed by atoms with van der Waals surface area (Å²) in [4.78, 5) is 14.1. The number of benzene rings is 2. The second-order valence-corrected chi connectivity index (χ2v) is 6.68. The standard InChI is InChI=1S/C21H16N2O2S/c1-25-17-11-9-15(10-12-17)20-19(14-18-8-5-13-26-18)21(24)23(22-20)16-6-3-2-4-7-16/h2-14H,1H3. The molecule has 2 heterocycles. The molecule has 0 aliphatic carbocycles. The molecule has 0 atom stereocenters. The van der Waals surface area contributed by atoms with Gasteiger partial charge in [0.15, 0.2) is 0 Å². The summed E-state index contributed by atoms with van der Waals surface area (Å²) >= 11 is 1.59. The second-order valence-electron chi connectivity index (χ2n) is 5.70. The zero-order valence-corrected chi connectivity index (χ0v) is 14.9. The number of hydrogen-bond donors (Lipinski definition) is 0. The fourth-order valence-corrected chi connectivity index (χ4v) is 3.42. The van der Waals surface area contributed by atoms with Gasteiger partial charge >= 0.3 is 0 Å². The number of hydrazone groups is 1. The molecule has 4 nitrogen and oxygen atoms in total. The SMILES string of the molecule is COc1ccc(C2=NN(c3ccccc3)C(=O)C2=Cc2cccs2)cc1. The highest BCUT2D eigenvalue weighted by Crippen LogP contribution is 2.29. The molecule has 1 amide bonds. The molecule has 128 valence electrons. The highest BCUT2D eigenvalue weighted by molar-refractivity contribution is 7.10. The maximum Gasteiger partial charge on any atom is 0.281 e. The van der Waals surface area contributed by atoms with Gasteiger partial charge in [-0.15, -0.1) is 11.3 Å². The number of para-hydroxylation sites is 1. The van der Waals surface area contributed by atoms with Crippen LogP contribution >= 0.6 is 11.3 Å². The minimum Gasteiger partial charge on any atom is -0.497 e. The van der Waals surface area contributed by atoms with Gasteiger partial charge in [-0.1, -0.05) is 24.3 Å². The van der Waals surface area contributed by atoms with E-state index in [4.69, 9.17) is 4.74 Å². The summed E-state index contributed by atoms with van der Waals surface area (Å²) in [5, 5.41) is 8.07. The van der Waals surface area contributed by atoms with E-state index in [9.17, 15) is 4.79 Å². The number of anilines is 1. The Balaban J connectivity index is 1.81. The summed E-state index contributed by atoms with van der Waals surface area (Å²) in [7, 11) is 1.63. The number of nitrogens with zero attached hydrogens (tertiary/aromatic N) is 2. The number of thiophene rings is 1. The van der Waals surface area contributed by atoms with Crippen LogP contribution in [0, 0.1) is 0 Å². The van der Waals surface area contributed by atoms with Crippen LogP contribution in [-0.4, -0.2) is 18.7 Å². The van der Waals surface area contributed by atoms with Crippen molar-refractivity contribution in [1.29, 1.82) is 0 Å². The van der Waals surface area contributed by atoms with Crippen molar-refractivity contribution in [3.63, 3.8) is 0 Å². The lowest BCUT2D eigenvalue weighted by atomic mass is 10.0. The maximum absolute atomic E-state index is 13.1. The summed E-state index contributed by atoms with van der Waals surface area (Å²) in [6.45, 7) is 0. The minimum absolute atomic E-state index is 0.129. The van der Waals surface area contributed by atoms with E-state index in [1.807, 2.05) is 78.2 Å². The third kappa shape index (κ3) is 3.05. The first kappa shape index (κ1) is 16.3. The zero-order chi connectivity index (χ0) is 17.9. The predicted octanol–water partition coefficient (Wildman–Crippen LogP) is 4.59. The summed E-state index contributed by atoms with van der Waals surface area (Å²) in [5.74, 6) is 0.637. The van der Waals surface area contributed by atoms with Crippen LogP contribution in [0.4, 0.5) is 5.69 Å². The summed E-state index contributed by atoms with van der Waals surface area (Å²) in [5.41, 5.74) is 2.87. The third-order valence-corrected chi connectivity index (χ3v) is 4.89. The molecular weight excluding hydrogens is 344 g/mol. The number of methoxy groups -OCH3 is 1. The molecule has 1 aliphatic heterocycles. The molecule has 0 saturated heterocycles. The monoisotopic (exact) mass is 360 g/mol. The fourth-order valence-electron chi connectivity index (χ4n) is 2.77. The Morgan fingerprint density at radius 1 is 1.00 bits per heavy atom. The lowest BCUT2D eigenvalue weighted by molar-refractivity contribution is -0.114. The lowest BCUT2D eigenvalue weighted by Gasteiger charge is -2.10. The minimum atomic E-state index is -0.129. The van der Waals surface area contributed by atoms with Gasteiger partial charge in [-0.2, -0.15) is 10.1 Å². The molecule has 0 saturated carbocycles. The molecule has 5 heteroatoms. The highest BCUT2D eigenvalue weighted by atomic mass is 32.1. The Kier molecular flexibility index (Phi) is 4.37. The fraction of sp³-hybridized carbons (Fsp3) is 0.0476. The van der Waals surface area contributed by atoms with E-state index in [1.54, 1.807) is 18.4 Å². The van der Waals surface area contributed by atoms with Gasteiger partial charge in [0.1, 0.15) is 11.5 Å². The van der Waals surface area contributed by atoms with E-state index in [0.29, 0.717) is 11.3 Å². The van der Waals surface area contributed by atoms with Crippen molar-refractivity contribution in [3.8, 4) is 5.75 Å². The molecule has 0 radical (unpaired) electrons. The second kappa shape index (κ2) is 6.98. The van der Waals surface area contributed by atoms with Gasteiger partial charge in [0, 0.05) is 10.4 Å². The van der Waals surface area contributed by atoms with Gasteiger partial charge in [-0.3, -0.25) is 4.79 Å². The summed E-state index contributed by atoms with van der Waals surface area (Å²) in [6, 6.07) is 21.0. The van der Waals surface area contributed by atoms with Gasteiger partial charge in [0.25, 0.3) is 5.91 Å². The van der Waals surface area contributed by atoms with Crippen molar-refractivity contribution < 1.29 is 9.53 Å². The van der Waals surface area contributed by atoms with E-state index in [1.165, 1.54) is 5.01 Å². The van der Waals surface area contributed by atoms with E-state index >= 15 is 0 Å². The highest BCUT2D eigenvalue weighted by Gasteiger charge is 2.32. The molecule has 4 rings (SSSR count). The van der Waals surface area contributed by atoms with Crippen LogP contribution < -0.4 is 9.75 Å². The lowest BCUT2D eigenvalue weighted by Crippen LogP contribution is -2.21. The average Bonchev–Trinajstić information content (AvgIpc) is 3.32. The molecule has 1 aliphatic rings. The molecule has 0 spiro atoms. The Hall–Kier alpha value is -3.18. The molecule has 0 unspecified atom stereocenters. The maximum atomic E-state index is 13.1. The van der Waals surface area contributed by atoms with Crippen molar-refractivity contribution in [2.75, 3.05) is 12.1 Å². The van der Waals surface area contributed by atoms with Crippen molar-refractivity contribution in [3.05, 3.63) is 88.1 Å². The topological polar surface area (TPSA) is 41.9 Å². The number of carbonyl (C=O) groups is 1. The number of hydrogen-bond acceptors (Lipinski definition) is 4. The Morgan fingerprint density at radius 2 is 1.77 bits per heavy atom. The van der Waals surface area contributed by atoms with Gasteiger partial charge in [0.05, 0.1) is 18.4 Å². The zero-order valence-electron chi connectivity index (χ0n) is 14.1. The van der Waals surface area contributed by atoms with Gasteiger partial charge in [0.2, 0.25) is 0 Å². The predicted molar refractivity (Wildman–Crippen MR) is 106 cm³/mol. The third-order valence-electron chi connectivity index (χ3n) is 4.07. The summed E-state index contributed by atoms with van der Waals surface area (Å²) < 4.78 is 5.23. The van der Waals surface area contributed by atoms with E-state index in [-0.39, 0.29) is 5.91 Å². The molecule has 0 bridgehead atoms. The number of amides is 1. The largest absolute Gasteiger partial charge is 0.497 e. The van der Waals surface area contributed by atoms with Crippen molar-refractivity contribution in [2.24, 2.45) is 5.10 Å².